The second kappa shape index (κ2) is 6.49. The van der Waals surface area contributed by atoms with Gasteiger partial charge in [-0.15, -0.1) is 0 Å². The van der Waals surface area contributed by atoms with E-state index in [-0.39, 0.29) is 11.8 Å². The Balaban J connectivity index is 2.52. The van der Waals surface area contributed by atoms with Crippen LogP contribution in [0.5, 0.6) is 0 Å². The normalized spacial score (nSPS) is 12.2. The average Bonchev–Trinajstić information content (AvgIpc) is 2.31. The minimum absolute atomic E-state index is 0.177. The quantitative estimate of drug-likeness (QED) is 0.520. The van der Waals surface area contributed by atoms with Crippen molar-refractivity contribution in [2.75, 3.05) is 23.5 Å². The summed E-state index contributed by atoms with van der Waals surface area (Å²) in [6.45, 7) is 2.79. The number of nitrogens with two attached hydrogens (primary N) is 1. The predicted molar refractivity (Wildman–Crippen MR) is 65.9 cm³/mol. The van der Waals surface area contributed by atoms with Crippen molar-refractivity contribution in [3.8, 4) is 0 Å². The van der Waals surface area contributed by atoms with E-state index in [4.69, 9.17) is 5.84 Å². The molecule has 4 N–H and O–H groups in total. The molecule has 0 saturated heterocycles. The molecule has 0 aliphatic carbocycles. The van der Waals surface area contributed by atoms with Crippen molar-refractivity contribution in [1.82, 2.24) is 9.97 Å². The maximum atomic E-state index is 13.3. The van der Waals surface area contributed by atoms with E-state index in [0.717, 1.165) is 12.6 Å². The summed E-state index contributed by atoms with van der Waals surface area (Å²) in [5.74, 6) is 5.04. The van der Waals surface area contributed by atoms with Gasteiger partial charge in [0.25, 0.3) is 0 Å². The van der Waals surface area contributed by atoms with E-state index in [9.17, 15) is 4.39 Å². The average molecular weight is 245 g/mol. The topological polar surface area (TPSA) is 75.9 Å². The Labute approximate surface area is 98.4 Å². The first kappa shape index (κ1) is 13.0. The van der Waals surface area contributed by atoms with Crippen molar-refractivity contribution in [2.45, 2.75) is 18.6 Å². The highest BCUT2D eigenvalue weighted by Crippen LogP contribution is 2.13. The second-order valence-electron chi connectivity index (χ2n) is 3.30. The van der Waals surface area contributed by atoms with Gasteiger partial charge in [0.2, 0.25) is 5.95 Å². The molecule has 0 radical (unpaired) electrons. The van der Waals surface area contributed by atoms with Gasteiger partial charge in [0.15, 0.2) is 11.6 Å². The molecular formula is C9H16FN5S. The van der Waals surface area contributed by atoms with Gasteiger partial charge in [-0.05, 0) is 12.7 Å². The molecule has 1 unspecified atom stereocenters. The van der Waals surface area contributed by atoms with Crippen LogP contribution >= 0.6 is 11.8 Å². The Morgan fingerprint density at radius 2 is 2.38 bits per heavy atom. The summed E-state index contributed by atoms with van der Waals surface area (Å²) in [6, 6.07) is 0. The highest BCUT2D eigenvalue weighted by molar-refractivity contribution is 7.99. The Hall–Kier alpha value is -1.08. The van der Waals surface area contributed by atoms with E-state index in [0.29, 0.717) is 11.8 Å². The number of hydrogen-bond acceptors (Lipinski definition) is 6. The molecule has 5 nitrogen and oxygen atoms in total. The van der Waals surface area contributed by atoms with Crippen LogP contribution in [0.15, 0.2) is 6.20 Å². The van der Waals surface area contributed by atoms with Crippen LogP contribution in [0.4, 0.5) is 16.2 Å². The standard InChI is InChI=1S/C9H16FN5S/c1-6(16-2)3-4-12-8-7(10)5-13-9(14-8)15-11/h5-6H,3-4,11H2,1-2H3,(H2,12,13,14,15). The Kier molecular flexibility index (Phi) is 5.27. The fourth-order valence-corrected chi connectivity index (χ4v) is 1.43. The van der Waals surface area contributed by atoms with Gasteiger partial charge in [0.05, 0.1) is 6.20 Å². The molecule has 0 fully saturated rings. The molecule has 0 aliphatic rings. The first-order chi connectivity index (χ1) is 7.67. The van der Waals surface area contributed by atoms with Crippen LogP contribution in [0.2, 0.25) is 0 Å². The molecule has 1 rings (SSSR count). The third-order valence-corrected chi connectivity index (χ3v) is 3.16. The van der Waals surface area contributed by atoms with E-state index in [1.807, 2.05) is 6.26 Å². The summed E-state index contributed by atoms with van der Waals surface area (Å²) in [4.78, 5) is 7.52. The lowest BCUT2D eigenvalue weighted by Gasteiger charge is -2.10. The van der Waals surface area contributed by atoms with E-state index >= 15 is 0 Å². The van der Waals surface area contributed by atoms with Gasteiger partial charge in [-0.3, -0.25) is 5.43 Å². The molecule has 0 aliphatic heterocycles. The fraction of sp³-hybridized carbons (Fsp3) is 0.556. The Morgan fingerprint density at radius 1 is 1.62 bits per heavy atom. The Bertz CT molecular complexity index is 336. The summed E-state index contributed by atoms with van der Waals surface area (Å²) in [7, 11) is 0. The molecule has 0 spiro atoms. The highest BCUT2D eigenvalue weighted by Gasteiger charge is 2.06. The van der Waals surface area contributed by atoms with E-state index < -0.39 is 5.82 Å². The SMILES string of the molecule is CSC(C)CCNc1nc(NN)ncc1F. The lowest BCUT2D eigenvalue weighted by Crippen LogP contribution is -2.14. The second-order valence-corrected chi connectivity index (χ2v) is 4.57. The van der Waals surface area contributed by atoms with Crippen LogP contribution in [0.1, 0.15) is 13.3 Å². The number of halogens is 1. The number of aromatic nitrogens is 2. The maximum absolute atomic E-state index is 13.3. The van der Waals surface area contributed by atoms with Crippen LogP contribution in [-0.4, -0.2) is 28.0 Å². The number of anilines is 2. The van der Waals surface area contributed by atoms with Gasteiger partial charge < -0.3 is 5.32 Å². The fourth-order valence-electron chi connectivity index (χ4n) is 1.07. The van der Waals surface area contributed by atoms with Gasteiger partial charge in [0.1, 0.15) is 0 Å². The molecule has 16 heavy (non-hydrogen) atoms. The largest absolute Gasteiger partial charge is 0.367 e. The van der Waals surface area contributed by atoms with Crippen molar-refractivity contribution >= 4 is 23.5 Å². The zero-order chi connectivity index (χ0) is 12.0. The van der Waals surface area contributed by atoms with Crippen LogP contribution in [0.25, 0.3) is 0 Å². The first-order valence-electron chi connectivity index (χ1n) is 4.93. The lowest BCUT2D eigenvalue weighted by atomic mass is 10.3. The van der Waals surface area contributed by atoms with Crippen LogP contribution < -0.4 is 16.6 Å². The van der Waals surface area contributed by atoms with Crippen LogP contribution in [0.3, 0.4) is 0 Å². The van der Waals surface area contributed by atoms with Crippen molar-refractivity contribution in [2.24, 2.45) is 5.84 Å². The molecule has 7 heteroatoms. The Morgan fingerprint density at radius 3 is 3.00 bits per heavy atom. The van der Waals surface area contributed by atoms with Gasteiger partial charge in [-0.1, -0.05) is 6.92 Å². The molecule has 1 aromatic rings. The molecule has 1 heterocycles. The summed E-state index contributed by atoms with van der Waals surface area (Å²) in [5, 5.41) is 3.45. The number of nitrogens with one attached hydrogen (secondary N) is 2. The molecule has 0 aromatic carbocycles. The molecule has 0 amide bonds. The van der Waals surface area contributed by atoms with E-state index in [1.165, 1.54) is 0 Å². The van der Waals surface area contributed by atoms with Gasteiger partial charge >= 0.3 is 0 Å². The summed E-state index contributed by atoms with van der Waals surface area (Å²) < 4.78 is 13.3. The van der Waals surface area contributed by atoms with Gasteiger partial charge in [-0.25, -0.2) is 15.2 Å². The minimum Gasteiger partial charge on any atom is -0.367 e. The highest BCUT2D eigenvalue weighted by atomic mass is 32.2. The lowest BCUT2D eigenvalue weighted by molar-refractivity contribution is 0.616. The van der Waals surface area contributed by atoms with Crippen molar-refractivity contribution < 1.29 is 4.39 Å². The van der Waals surface area contributed by atoms with Gasteiger partial charge in [-0.2, -0.15) is 16.7 Å². The first-order valence-corrected chi connectivity index (χ1v) is 6.22. The van der Waals surface area contributed by atoms with E-state index in [1.54, 1.807) is 11.8 Å². The molecule has 0 saturated carbocycles. The smallest absolute Gasteiger partial charge is 0.239 e. The van der Waals surface area contributed by atoms with Crippen molar-refractivity contribution in [3.63, 3.8) is 0 Å². The third kappa shape index (κ3) is 3.82. The van der Waals surface area contributed by atoms with E-state index in [2.05, 4.69) is 27.6 Å². The zero-order valence-corrected chi connectivity index (χ0v) is 10.1. The number of thioether (sulfide) groups is 1. The summed E-state index contributed by atoms with van der Waals surface area (Å²) in [5.41, 5.74) is 2.27. The summed E-state index contributed by atoms with van der Waals surface area (Å²) in [6.07, 6.45) is 4.07. The third-order valence-electron chi connectivity index (χ3n) is 2.12. The molecule has 90 valence electrons. The summed E-state index contributed by atoms with van der Waals surface area (Å²) >= 11 is 1.77. The van der Waals surface area contributed by atoms with Crippen LogP contribution in [0, 0.1) is 5.82 Å². The maximum Gasteiger partial charge on any atom is 0.239 e. The monoisotopic (exact) mass is 245 g/mol. The number of rotatable bonds is 6. The number of nitrogens with zero attached hydrogens (tertiary/aromatic N) is 2. The van der Waals surface area contributed by atoms with Gasteiger partial charge in [0, 0.05) is 11.8 Å². The molecule has 0 bridgehead atoms. The van der Waals surface area contributed by atoms with Crippen molar-refractivity contribution in [3.05, 3.63) is 12.0 Å². The van der Waals surface area contributed by atoms with Crippen LogP contribution in [-0.2, 0) is 0 Å². The molecule has 1 atom stereocenters. The number of hydrogen-bond donors (Lipinski definition) is 3. The molecule has 1 aromatic heterocycles. The zero-order valence-electron chi connectivity index (χ0n) is 9.33. The number of hydrazine groups is 1. The van der Waals surface area contributed by atoms with Crippen molar-refractivity contribution in [1.29, 1.82) is 0 Å². The predicted octanol–water partition coefficient (Wildman–Crippen LogP) is 1.45. The minimum atomic E-state index is -0.476. The molecular weight excluding hydrogens is 229 g/mol. The number of nitrogen functional groups attached to an aromatic ring is 1.